The zero-order valence-electron chi connectivity index (χ0n) is 10.7. The van der Waals surface area contributed by atoms with Crippen LogP contribution in [0.4, 0.5) is 10.5 Å². The van der Waals surface area contributed by atoms with Gasteiger partial charge in [-0.3, -0.25) is 4.90 Å². The van der Waals surface area contributed by atoms with E-state index in [1.165, 1.54) is 0 Å². The van der Waals surface area contributed by atoms with Gasteiger partial charge < -0.3 is 10.4 Å². The number of phenols is 1. The van der Waals surface area contributed by atoms with E-state index in [1.807, 2.05) is 20.8 Å². The molecule has 94 valence electrons. The first kappa shape index (κ1) is 13.4. The Kier molecular flexibility index (Phi) is 4.82. The summed E-state index contributed by atoms with van der Waals surface area (Å²) in [4.78, 5) is 13.6. The highest BCUT2D eigenvalue weighted by atomic mass is 16.3. The van der Waals surface area contributed by atoms with Crippen molar-refractivity contribution in [3.63, 3.8) is 0 Å². The number of benzene rings is 1. The van der Waals surface area contributed by atoms with Crippen LogP contribution in [0.3, 0.4) is 0 Å². The Bertz CT molecular complexity index is 391. The summed E-state index contributed by atoms with van der Waals surface area (Å²) in [5.41, 5.74) is 1.72. The van der Waals surface area contributed by atoms with Gasteiger partial charge in [-0.25, -0.2) is 4.79 Å². The first-order chi connectivity index (χ1) is 8.10. The number of carbonyl (C=O) groups excluding carboxylic acids is 1. The summed E-state index contributed by atoms with van der Waals surface area (Å²) in [7, 11) is 0. The lowest BCUT2D eigenvalue weighted by Crippen LogP contribution is -2.40. The van der Waals surface area contributed by atoms with E-state index in [2.05, 4.69) is 5.32 Å². The summed E-state index contributed by atoms with van der Waals surface area (Å²) < 4.78 is 0. The molecule has 0 saturated heterocycles. The van der Waals surface area contributed by atoms with E-state index >= 15 is 0 Å². The van der Waals surface area contributed by atoms with Crippen LogP contribution in [0.2, 0.25) is 0 Å². The van der Waals surface area contributed by atoms with Gasteiger partial charge in [0.2, 0.25) is 0 Å². The molecule has 2 N–H and O–H groups in total. The van der Waals surface area contributed by atoms with Crippen LogP contribution >= 0.6 is 0 Å². The van der Waals surface area contributed by atoms with Crippen molar-refractivity contribution < 1.29 is 9.90 Å². The zero-order chi connectivity index (χ0) is 12.8. The molecule has 0 heterocycles. The summed E-state index contributed by atoms with van der Waals surface area (Å²) in [6.45, 7) is 7.07. The van der Waals surface area contributed by atoms with Crippen molar-refractivity contribution in [2.45, 2.75) is 27.2 Å². The summed E-state index contributed by atoms with van der Waals surface area (Å²) in [5, 5.41) is 12.3. The van der Waals surface area contributed by atoms with Crippen LogP contribution in [0.5, 0.6) is 5.75 Å². The number of aromatic hydroxyl groups is 1. The topological polar surface area (TPSA) is 52.6 Å². The Morgan fingerprint density at radius 1 is 1.41 bits per heavy atom. The van der Waals surface area contributed by atoms with Crippen molar-refractivity contribution in [2.75, 3.05) is 18.0 Å². The number of amides is 2. The molecule has 0 aliphatic carbocycles. The fourth-order valence-electron chi connectivity index (χ4n) is 1.64. The Hall–Kier alpha value is -1.71. The van der Waals surface area contributed by atoms with Crippen LogP contribution < -0.4 is 10.2 Å². The minimum Gasteiger partial charge on any atom is -0.508 e. The number of phenolic OH excluding ortho intramolecular Hbond substituents is 1. The lowest BCUT2D eigenvalue weighted by Gasteiger charge is -2.23. The summed E-state index contributed by atoms with van der Waals surface area (Å²) in [6, 6.07) is 4.92. The van der Waals surface area contributed by atoms with Gasteiger partial charge in [0.05, 0.1) is 5.69 Å². The molecule has 2 amide bonds. The van der Waals surface area contributed by atoms with Gasteiger partial charge in [0.1, 0.15) is 5.75 Å². The van der Waals surface area contributed by atoms with E-state index in [0.29, 0.717) is 13.1 Å². The normalized spacial score (nSPS) is 10.1. The number of rotatable bonds is 4. The molecule has 0 atom stereocenters. The first-order valence-electron chi connectivity index (χ1n) is 5.95. The van der Waals surface area contributed by atoms with Gasteiger partial charge in [0, 0.05) is 19.2 Å². The highest BCUT2D eigenvalue weighted by Gasteiger charge is 2.15. The van der Waals surface area contributed by atoms with Gasteiger partial charge in [0.15, 0.2) is 0 Å². The number of aryl methyl sites for hydroxylation is 1. The number of anilines is 1. The predicted octanol–water partition coefficient (Wildman–Crippen LogP) is 2.65. The maximum Gasteiger partial charge on any atom is 0.321 e. The number of hydrogen-bond donors (Lipinski definition) is 2. The minimum atomic E-state index is -0.122. The van der Waals surface area contributed by atoms with Crippen LogP contribution in [-0.4, -0.2) is 24.2 Å². The largest absolute Gasteiger partial charge is 0.508 e. The average molecular weight is 236 g/mol. The lowest BCUT2D eigenvalue weighted by molar-refractivity contribution is 0.246. The molecule has 1 aromatic rings. The maximum atomic E-state index is 11.9. The molecule has 4 heteroatoms. The Labute approximate surface area is 102 Å². The smallest absolute Gasteiger partial charge is 0.321 e. The van der Waals surface area contributed by atoms with Gasteiger partial charge in [0.25, 0.3) is 0 Å². The van der Waals surface area contributed by atoms with E-state index in [1.54, 1.807) is 23.1 Å². The number of carbonyl (C=O) groups is 1. The second-order valence-corrected chi connectivity index (χ2v) is 3.95. The van der Waals surface area contributed by atoms with Crippen LogP contribution in [0.15, 0.2) is 18.2 Å². The van der Waals surface area contributed by atoms with Gasteiger partial charge in [-0.1, -0.05) is 13.0 Å². The highest BCUT2D eigenvalue weighted by molar-refractivity contribution is 5.92. The zero-order valence-corrected chi connectivity index (χ0v) is 10.7. The third-order valence-electron chi connectivity index (χ3n) is 2.57. The van der Waals surface area contributed by atoms with E-state index in [4.69, 9.17) is 0 Å². The van der Waals surface area contributed by atoms with Crippen LogP contribution in [0, 0.1) is 6.92 Å². The second-order valence-electron chi connectivity index (χ2n) is 3.95. The molecule has 0 aliphatic heterocycles. The molecule has 1 aromatic carbocycles. The van der Waals surface area contributed by atoms with E-state index in [0.717, 1.165) is 17.7 Å². The molecule has 0 aromatic heterocycles. The fraction of sp³-hybridized carbons (Fsp3) is 0.462. The molecule has 0 spiro atoms. The number of nitrogens with zero attached hydrogens (tertiary/aromatic N) is 1. The standard InChI is InChI=1S/C13H20N2O2/c1-4-8-14-13(17)15(5-2)12-9-11(16)7-6-10(12)3/h6-7,9,16H,4-5,8H2,1-3H3,(H,14,17). The van der Waals surface area contributed by atoms with Gasteiger partial charge in [-0.2, -0.15) is 0 Å². The number of nitrogens with one attached hydrogen (secondary N) is 1. The molecule has 0 bridgehead atoms. The predicted molar refractivity (Wildman–Crippen MR) is 69.6 cm³/mol. The molecule has 17 heavy (non-hydrogen) atoms. The Morgan fingerprint density at radius 2 is 2.12 bits per heavy atom. The SMILES string of the molecule is CCCNC(=O)N(CC)c1cc(O)ccc1C. The van der Waals surface area contributed by atoms with Crippen LogP contribution in [-0.2, 0) is 0 Å². The minimum absolute atomic E-state index is 0.122. The summed E-state index contributed by atoms with van der Waals surface area (Å²) in [5.74, 6) is 0.173. The van der Waals surface area contributed by atoms with Gasteiger partial charge in [-0.15, -0.1) is 0 Å². The summed E-state index contributed by atoms with van der Waals surface area (Å²) in [6.07, 6.45) is 0.905. The second kappa shape index (κ2) is 6.13. The van der Waals surface area contributed by atoms with Crippen molar-refractivity contribution in [3.05, 3.63) is 23.8 Å². The van der Waals surface area contributed by atoms with Gasteiger partial charge in [-0.05, 0) is 31.9 Å². The van der Waals surface area contributed by atoms with Crippen molar-refractivity contribution in [1.82, 2.24) is 5.32 Å². The molecule has 0 aliphatic rings. The third-order valence-corrected chi connectivity index (χ3v) is 2.57. The van der Waals surface area contributed by atoms with E-state index in [-0.39, 0.29) is 11.8 Å². The molecule has 0 unspecified atom stereocenters. The van der Waals surface area contributed by atoms with Crippen molar-refractivity contribution in [3.8, 4) is 5.75 Å². The molecule has 0 radical (unpaired) electrons. The van der Waals surface area contributed by atoms with E-state index < -0.39 is 0 Å². The van der Waals surface area contributed by atoms with Crippen molar-refractivity contribution in [2.24, 2.45) is 0 Å². The van der Waals surface area contributed by atoms with Gasteiger partial charge >= 0.3 is 6.03 Å². The van der Waals surface area contributed by atoms with Crippen LogP contribution in [0.1, 0.15) is 25.8 Å². The lowest BCUT2D eigenvalue weighted by atomic mass is 10.1. The Morgan fingerprint density at radius 3 is 2.71 bits per heavy atom. The number of hydrogen-bond acceptors (Lipinski definition) is 2. The first-order valence-corrected chi connectivity index (χ1v) is 5.95. The molecule has 1 rings (SSSR count). The third kappa shape index (κ3) is 3.37. The maximum absolute atomic E-state index is 11.9. The van der Waals surface area contributed by atoms with E-state index in [9.17, 15) is 9.90 Å². The average Bonchev–Trinajstić information content (AvgIpc) is 2.32. The molecule has 0 saturated carbocycles. The summed E-state index contributed by atoms with van der Waals surface area (Å²) >= 11 is 0. The quantitative estimate of drug-likeness (QED) is 0.844. The monoisotopic (exact) mass is 236 g/mol. The fourth-order valence-corrected chi connectivity index (χ4v) is 1.64. The molecular formula is C13H20N2O2. The molecule has 0 fully saturated rings. The van der Waals surface area contributed by atoms with Crippen molar-refractivity contribution in [1.29, 1.82) is 0 Å². The molecule has 4 nitrogen and oxygen atoms in total. The highest BCUT2D eigenvalue weighted by Crippen LogP contribution is 2.24. The number of urea groups is 1. The Balaban J connectivity index is 2.92. The molecular weight excluding hydrogens is 216 g/mol. The van der Waals surface area contributed by atoms with Crippen LogP contribution in [0.25, 0.3) is 0 Å². The van der Waals surface area contributed by atoms with Crippen molar-refractivity contribution >= 4 is 11.7 Å².